The molecule has 1 aromatic heterocycles. The van der Waals surface area contributed by atoms with Gasteiger partial charge in [0.05, 0.1) is 0 Å². The zero-order valence-electron chi connectivity index (χ0n) is 19.3. The molecule has 0 radical (unpaired) electrons. The van der Waals surface area contributed by atoms with E-state index in [0.29, 0.717) is 10.9 Å². The summed E-state index contributed by atoms with van der Waals surface area (Å²) >= 11 is 0. The summed E-state index contributed by atoms with van der Waals surface area (Å²) in [6.45, 7) is 4.80. The minimum atomic E-state index is -1.36. The van der Waals surface area contributed by atoms with Crippen LogP contribution < -0.4 is 10.4 Å². The number of aryl methyl sites for hydroxylation is 1. The number of nitrogens with zero attached hydrogens (tertiary/aromatic N) is 3. The largest absolute Gasteiger partial charge is 0.464 e. The molecule has 1 saturated heterocycles. The fourth-order valence-corrected chi connectivity index (χ4v) is 3.68. The molecule has 0 unspecified atom stereocenters. The molecule has 5 atom stereocenters. The molecule has 0 spiro atoms. The van der Waals surface area contributed by atoms with Gasteiger partial charge in [-0.3, -0.25) is 14.4 Å². The lowest BCUT2D eigenvalue weighted by Gasteiger charge is -2.43. The predicted molar refractivity (Wildman–Crippen MR) is 117 cm³/mol. The van der Waals surface area contributed by atoms with Crippen molar-refractivity contribution in [3.8, 4) is 5.75 Å². The first kappa shape index (κ1) is 25.5. The number of fused-ring (bicyclic) bond motifs is 1. The fourth-order valence-electron chi connectivity index (χ4n) is 3.68. The Kier molecular flexibility index (Phi) is 7.94. The molecule has 0 saturated carbocycles. The van der Waals surface area contributed by atoms with Crippen LogP contribution in [0.4, 0.5) is 0 Å². The van der Waals surface area contributed by atoms with Gasteiger partial charge in [0.2, 0.25) is 6.29 Å². The van der Waals surface area contributed by atoms with Gasteiger partial charge >= 0.3 is 23.5 Å². The van der Waals surface area contributed by atoms with Crippen LogP contribution in [0.25, 0.3) is 21.4 Å². The molecule has 186 valence electrons. The lowest BCUT2D eigenvalue weighted by molar-refractivity contribution is -0.253. The van der Waals surface area contributed by atoms with Gasteiger partial charge in [0.15, 0.2) is 12.2 Å². The number of benzene rings is 1. The van der Waals surface area contributed by atoms with E-state index in [9.17, 15) is 19.2 Å². The quantitative estimate of drug-likeness (QED) is 0.140. The fraction of sp³-hybridized carbons (Fsp3) is 0.455. The number of carbonyl (C=O) groups is 3. The smallest absolute Gasteiger partial charge is 0.336 e. The van der Waals surface area contributed by atoms with Gasteiger partial charge in [-0.25, -0.2) is 4.79 Å². The Bertz CT molecular complexity index is 1240. The molecular weight excluding hydrogens is 466 g/mol. The Balaban J connectivity index is 2.01. The first-order chi connectivity index (χ1) is 16.6. The van der Waals surface area contributed by atoms with E-state index in [1.807, 2.05) is 0 Å². The van der Waals surface area contributed by atoms with Crippen molar-refractivity contribution in [2.75, 3.05) is 6.61 Å². The summed E-state index contributed by atoms with van der Waals surface area (Å²) in [5.74, 6) is -1.94. The predicted octanol–water partition coefficient (Wildman–Crippen LogP) is 2.31. The Labute approximate surface area is 198 Å². The van der Waals surface area contributed by atoms with Gasteiger partial charge in [-0.15, -0.1) is 0 Å². The average Bonchev–Trinajstić information content (AvgIpc) is 2.75. The molecule has 2 heterocycles. The SMILES string of the molecule is CC(=O)OC[C@H]1O[C@H](Oc2ccc3c(C)cc(=O)oc3c2)[C@H](N=[N+]=[N-])[C@@H](OC(C)=O)[C@@H]1OC(C)=O. The molecule has 3 rings (SSSR count). The number of esters is 3. The van der Waals surface area contributed by atoms with Gasteiger partial charge in [0.1, 0.15) is 30.1 Å². The summed E-state index contributed by atoms with van der Waals surface area (Å²) < 4.78 is 32.6. The number of hydrogen-bond donors (Lipinski definition) is 0. The van der Waals surface area contributed by atoms with Crippen LogP contribution in [0.1, 0.15) is 26.3 Å². The van der Waals surface area contributed by atoms with Crippen molar-refractivity contribution in [1.82, 2.24) is 0 Å². The van der Waals surface area contributed by atoms with Crippen LogP contribution in [0, 0.1) is 6.92 Å². The molecule has 1 aliphatic heterocycles. The van der Waals surface area contributed by atoms with Crippen molar-refractivity contribution in [1.29, 1.82) is 0 Å². The highest BCUT2D eigenvalue weighted by atomic mass is 16.7. The van der Waals surface area contributed by atoms with E-state index >= 15 is 0 Å². The molecule has 0 amide bonds. The first-order valence-corrected chi connectivity index (χ1v) is 10.5. The van der Waals surface area contributed by atoms with Gasteiger partial charge in [-0.1, -0.05) is 5.11 Å². The van der Waals surface area contributed by atoms with Crippen molar-refractivity contribution in [3.05, 3.63) is 50.7 Å². The summed E-state index contributed by atoms with van der Waals surface area (Å²) in [7, 11) is 0. The van der Waals surface area contributed by atoms with Crippen molar-refractivity contribution in [2.24, 2.45) is 5.11 Å². The van der Waals surface area contributed by atoms with Gasteiger partial charge in [-0.2, -0.15) is 0 Å². The van der Waals surface area contributed by atoms with Crippen LogP contribution in [0.3, 0.4) is 0 Å². The van der Waals surface area contributed by atoms with Crippen molar-refractivity contribution in [2.45, 2.75) is 58.3 Å². The number of hydrogen-bond acceptors (Lipinski definition) is 11. The van der Waals surface area contributed by atoms with Crippen LogP contribution in [0.15, 0.2) is 38.6 Å². The minimum absolute atomic E-state index is 0.174. The maximum absolute atomic E-state index is 11.8. The first-order valence-electron chi connectivity index (χ1n) is 10.5. The third kappa shape index (κ3) is 6.28. The van der Waals surface area contributed by atoms with E-state index in [2.05, 4.69) is 10.0 Å². The zero-order valence-corrected chi connectivity index (χ0v) is 19.3. The van der Waals surface area contributed by atoms with Crippen LogP contribution >= 0.6 is 0 Å². The molecule has 35 heavy (non-hydrogen) atoms. The van der Waals surface area contributed by atoms with Crippen LogP contribution in [0.5, 0.6) is 5.75 Å². The topological polar surface area (TPSA) is 176 Å². The summed E-state index contributed by atoms with van der Waals surface area (Å²) in [5.41, 5.74) is 9.54. The van der Waals surface area contributed by atoms with Gasteiger partial charge in [0, 0.05) is 43.2 Å². The van der Waals surface area contributed by atoms with E-state index in [4.69, 9.17) is 33.6 Å². The van der Waals surface area contributed by atoms with Crippen LogP contribution in [-0.2, 0) is 33.3 Å². The van der Waals surface area contributed by atoms with Crippen LogP contribution in [0.2, 0.25) is 0 Å². The number of ether oxygens (including phenoxy) is 5. The third-order valence-electron chi connectivity index (χ3n) is 5.03. The number of azide groups is 1. The average molecular weight is 489 g/mol. The summed E-state index contributed by atoms with van der Waals surface area (Å²) in [6, 6.07) is 4.73. The van der Waals surface area contributed by atoms with Crippen molar-refractivity contribution >= 4 is 28.9 Å². The summed E-state index contributed by atoms with van der Waals surface area (Å²) in [6.07, 6.45) is -5.10. The second-order valence-electron chi connectivity index (χ2n) is 7.71. The molecular formula is C22H23N3O10. The summed E-state index contributed by atoms with van der Waals surface area (Å²) in [5, 5.41) is 4.33. The second kappa shape index (κ2) is 10.9. The van der Waals surface area contributed by atoms with E-state index in [0.717, 1.165) is 13.8 Å². The van der Waals surface area contributed by atoms with Crippen molar-refractivity contribution < 1.29 is 42.5 Å². The van der Waals surface area contributed by atoms with Crippen LogP contribution in [-0.4, -0.2) is 55.2 Å². The van der Waals surface area contributed by atoms with Gasteiger partial charge in [0.25, 0.3) is 0 Å². The Hall–Kier alpha value is -4.09. The second-order valence-corrected chi connectivity index (χ2v) is 7.71. The standard InChI is InChI=1S/C22H23N3O10/c1-10-7-18(29)34-16-8-14(5-6-15(10)16)33-22-19(24-25-23)21(32-13(4)28)20(31-12(3)27)17(35-22)9-30-11(2)26/h5-8,17,19-22H,9H2,1-4H3/t17-,19-,20-,21-,22+/m1/s1. The molecule has 1 fully saturated rings. The summed E-state index contributed by atoms with van der Waals surface area (Å²) in [4.78, 5) is 49.5. The Morgan fingerprint density at radius 3 is 2.37 bits per heavy atom. The molecule has 1 aromatic carbocycles. The normalized spacial score (nSPS) is 23.6. The molecule has 0 aliphatic carbocycles. The lowest BCUT2D eigenvalue weighted by atomic mass is 9.96. The van der Waals surface area contributed by atoms with Gasteiger partial charge < -0.3 is 28.1 Å². The minimum Gasteiger partial charge on any atom is -0.464 e. The van der Waals surface area contributed by atoms with Crippen molar-refractivity contribution in [3.63, 3.8) is 0 Å². The molecule has 13 nitrogen and oxygen atoms in total. The van der Waals surface area contributed by atoms with E-state index < -0.39 is 54.2 Å². The highest BCUT2D eigenvalue weighted by molar-refractivity contribution is 5.81. The maximum atomic E-state index is 11.8. The van der Waals surface area contributed by atoms with E-state index in [1.54, 1.807) is 19.1 Å². The zero-order chi connectivity index (χ0) is 25.7. The Morgan fingerprint density at radius 2 is 1.74 bits per heavy atom. The molecule has 0 N–H and O–H groups in total. The molecule has 13 heteroatoms. The third-order valence-corrected chi connectivity index (χ3v) is 5.03. The molecule has 0 bridgehead atoms. The number of carbonyl (C=O) groups excluding carboxylic acids is 3. The highest BCUT2D eigenvalue weighted by Gasteiger charge is 2.51. The highest BCUT2D eigenvalue weighted by Crippen LogP contribution is 2.32. The maximum Gasteiger partial charge on any atom is 0.336 e. The number of rotatable bonds is 7. The Morgan fingerprint density at radius 1 is 1.06 bits per heavy atom. The van der Waals surface area contributed by atoms with E-state index in [-0.39, 0.29) is 17.9 Å². The molecule has 1 aliphatic rings. The lowest BCUT2D eigenvalue weighted by Crippen LogP contribution is -2.62. The van der Waals surface area contributed by atoms with Gasteiger partial charge in [-0.05, 0) is 30.2 Å². The van der Waals surface area contributed by atoms with E-state index in [1.165, 1.54) is 19.1 Å². The molecule has 2 aromatic rings. The monoisotopic (exact) mass is 489 g/mol.